The molecule has 1 N–H and O–H groups in total. The van der Waals surface area contributed by atoms with Crippen LogP contribution in [0.1, 0.15) is 6.92 Å². The number of anilines is 1. The lowest BCUT2D eigenvalue weighted by Crippen LogP contribution is -2.32. The van der Waals surface area contributed by atoms with Crippen molar-refractivity contribution in [3.8, 4) is 0 Å². The molecule has 146 valence electrons. The number of ketones is 1. The average Bonchev–Trinajstić information content (AvgIpc) is 3.01. The standard InChI is InChI=1S/C17H11ClN6O5/c1-8(25)15(23-22-12-4-2-9(18)6-14(12)24(28)29)16(26)19-10-3-5-11-13(7-10)21-17(27)20-11/h2-7,15H,1H3,(H,19,26). The fourth-order valence-corrected chi connectivity index (χ4v) is 2.56. The summed E-state index contributed by atoms with van der Waals surface area (Å²) in [5, 5.41) is 21.7. The Labute approximate surface area is 167 Å². The maximum Gasteiger partial charge on any atom is 0.368 e. The zero-order chi connectivity index (χ0) is 21.1. The number of nitro benzene ring substituents is 1. The first-order valence-corrected chi connectivity index (χ1v) is 8.40. The van der Waals surface area contributed by atoms with E-state index in [1.807, 2.05) is 0 Å². The van der Waals surface area contributed by atoms with Crippen LogP contribution in [0.4, 0.5) is 21.9 Å². The van der Waals surface area contributed by atoms with Gasteiger partial charge in [0.05, 0.1) is 15.6 Å². The highest BCUT2D eigenvalue weighted by Gasteiger charge is 2.24. The number of halogens is 1. The number of nitrogens with zero attached hydrogens (tertiary/aromatic N) is 5. The van der Waals surface area contributed by atoms with E-state index in [2.05, 4.69) is 25.5 Å². The number of benzene rings is 2. The van der Waals surface area contributed by atoms with Crippen molar-refractivity contribution in [3.63, 3.8) is 0 Å². The van der Waals surface area contributed by atoms with Crippen LogP contribution >= 0.6 is 11.6 Å². The highest BCUT2D eigenvalue weighted by Crippen LogP contribution is 2.30. The third-order valence-corrected chi connectivity index (χ3v) is 3.96. The van der Waals surface area contributed by atoms with Crippen LogP contribution in [0.3, 0.4) is 0 Å². The Morgan fingerprint density at radius 3 is 2.59 bits per heavy atom. The first-order chi connectivity index (χ1) is 13.7. The molecule has 3 rings (SSSR count). The second kappa shape index (κ2) is 8.02. The lowest BCUT2D eigenvalue weighted by atomic mass is 10.2. The van der Waals surface area contributed by atoms with Crippen molar-refractivity contribution in [1.82, 2.24) is 0 Å². The number of carbonyl (C=O) groups excluding carboxylic acids is 3. The van der Waals surface area contributed by atoms with E-state index in [0.29, 0.717) is 5.36 Å². The summed E-state index contributed by atoms with van der Waals surface area (Å²) in [5.74, 6) is -1.43. The fraction of sp³-hybridized carbons (Fsp3) is 0.118. The molecule has 0 fully saturated rings. The zero-order valence-electron chi connectivity index (χ0n) is 14.7. The van der Waals surface area contributed by atoms with Gasteiger partial charge in [-0.3, -0.25) is 19.7 Å². The van der Waals surface area contributed by atoms with Gasteiger partial charge in [-0.05, 0) is 37.3 Å². The van der Waals surface area contributed by atoms with E-state index in [9.17, 15) is 24.5 Å². The summed E-state index contributed by atoms with van der Waals surface area (Å²) < 4.78 is 0. The van der Waals surface area contributed by atoms with Crippen LogP contribution in [0.2, 0.25) is 5.02 Å². The zero-order valence-corrected chi connectivity index (χ0v) is 15.5. The van der Waals surface area contributed by atoms with Crippen LogP contribution in [0.25, 0.3) is 0 Å². The molecular formula is C17H11ClN6O5. The molecule has 1 heterocycles. The largest absolute Gasteiger partial charge is 0.368 e. The molecule has 0 aromatic heterocycles. The number of rotatable bonds is 6. The van der Waals surface area contributed by atoms with Gasteiger partial charge in [-0.1, -0.05) is 11.6 Å². The van der Waals surface area contributed by atoms with Crippen LogP contribution in [0.15, 0.2) is 56.6 Å². The van der Waals surface area contributed by atoms with Crippen molar-refractivity contribution in [2.45, 2.75) is 13.0 Å². The van der Waals surface area contributed by atoms with Gasteiger partial charge in [-0.15, -0.1) is 5.11 Å². The number of hydrogen-bond donors (Lipinski definition) is 1. The molecule has 2 aromatic rings. The molecule has 1 aliphatic rings. The number of carbonyl (C=O) groups is 3. The third kappa shape index (κ3) is 4.52. The number of azo groups is 1. The quantitative estimate of drug-likeness (QED) is 0.332. The fourth-order valence-electron chi connectivity index (χ4n) is 2.39. The van der Waals surface area contributed by atoms with Gasteiger partial charge < -0.3 is 5.32 Å². The number of hydrogen-bond acceptors (Lipinski definition) is 7. The minimum absolute atomic E-state index is 0.128. The van der Waals surface area contributed by atoms with Crippen molar-refractivity contribution in [2.75, 3.05) is 5.32 Å². The monoisotopic (exact) mass is 414 g/mol. The number of fused-ring (bicyclic) bond motifs is 1. The van der Waals surface area contributed by atoms with Gasteiger partial charge in [0.25, 0.3) is 11.6 Å². The summed E-state index contributed by atoms with van der Waals surface area (Å²) in [6.45, 7) is 1.13. The van der Waals surface area contributed by atoms with Gasteiger partial charge in [0.1, 0.15) is 0 Å². The molecule has 11 nitrogen and oxygen atoms in total. The normalized spacial score (nSPS) is 13.4. The molecule has 1 aliphatic heterocycles. The molecule has 0 aliphatic carbocycles. The second-order valence-corrected chi connectivity index (χ2v) is 6.25. The molecule has 3 amide bonds. The van der Waals surface area contributed by atoms with E-state index in [4.69, 9.17) is 11.6 Å². The predicted octanol–water partition coefficient (Wildman–Crippen LogP) is 2.30. The van der Waals surface area contributed by atoms with Gasteiger partial charge >= 0.3 is 6.03 Å². The third-order valence-electron chi connectivity index (χ3n) is 3.72. The molecule has 0 radical (unpaired) electrons. The molecule has 2 aromatic carbocycles. The highest BCUT2D eigenvalue weighted by atomic mass is 35.5. The molecule has 0 bridgehead atoms. The number of nitro groups is 1. The first-order valence-electron chi connectivity index (χ1n) is 8.02. The Hall–Kier alpha value is -3.86. The Bertz CT molecular complexity index is 1210. The lowest BCUT2D eigenvalue weighted by Gasteiger charge is -2.09. The smallest absolute Gasteiger partial charge is 0.324 e. The van der Waals surface area contributed by atoms with Crippen molar-refractivity contribution >= 4 is 46.4 Å². The Morgan fingerprint density at radius 2 is 1.90 bits per heavy atom. The number of Topliss-reactive ketones (excluding diaryl/α,β-unsaturated/α-hetero) is 1. The lowest BCUT2D eigenvalue weighted by molar-refractivity contribution is -0.384. The van der Waals surface area contributed by atoms with Crippen LogP contribution in [-0.4, -0.2) is 28.7 Å². The van der Waals surface area contributed by atoms with E-state index >= 15 is 0 Å². The van der Waals surface area contributed by atoms with Crippen LogP contribution in [0, 0.1) is 10.1 Å². The molecule has 0 spiro atoms. The summed E-state index contributed by atoms with van der Waals surface area (Å²) in [4.78, 5) is 53.2. The van der Waals surface area contributed by atoms with E-state index in [1.165, 1.54) is 30.3 Å². The molecule has 1 atom stereocenters. The number of urea groups is 1. The molecule has 1 unspecified atom stereocenters. The van der Waals surface area contributed by atoms with Crippen molar-refractivity contribution in [2.24, 2.45) is 20.2 Å². The van der Waals surface area contributed by atoms with E-state index in [1.54, 1.807) is 0 Å². The van der Waals surface area contributed by atoms with Crippen molar-refractivity contribution < 1.29 is 19.3 Å². The second-order valence-electron chi connectivity index (χ2n) is 5.82. The Balaban J connectivity index is 1.84. The maximum atomic E-state index is 12.5. The number of nitrogens with one attached hydrogen (secondary N) is 1. The SMILES string of the molecule is CC(=O)C(N=Nc1ccc(Cl)cc1[N+](=O)[O-])C(=O)Nc1ccc2c(c1)=NC(=O)N=2. The summed E-state index contributed by atoms with van der Waals surface area (Å²) >= 11 is 5.73. The molecule has 0 saturated carbocycles. The first kappa shape index (κ1) is 19.9. The van der Waals surface area contributed by atoms with Crippen molar-refractivity contribution in [1.29, 1.82) is 0 Å². The van der Waals surface area contributed by atoms with E-state index < -0.39 is 34.4 Å². The minimum atomic E-state index is -1.54. The van der Waals surface area contributed by atoms with Gasteiger partial charge in [0, 0.05) is 16.8 Å². The summed E-state index contributed by atoms with van der Waals surface area (Å²) in [5.41, 5.74) is -0.311. The summed E-state index contributed by atoms with van der Waals surface area (Å²) in [6.07, 6.45) is 0. The number of amides is 3. The maximum absolute atomic E-state index is 12.5. The average molecular weight is 415 g/mol. The minimum Gasteiger partial charge on any atom is -0.324 e. The van der Waals surface area contributed by atoms with E-state index in [-0.39, 0.29) is 21.8 Å². The molecular weight excluding hydrogens is 404 g/mol. The van der Waals surface area contributed by atoms with Gasteiger partial charge in [-0.25, -0.2) is 4.79 Å². The summed E-state index contributed by atoms with van der Waals surface area (Å²) in [7, 11) is 0. The molecule has 12 heteroatoms. The van der Waals surface area contributed by atoms with Gasteiger partial charge in [0.15, 0.2) is 11.5 Å². The van der Waals surface area contributed by atoms with Crippen LogP contribution in [-0.2, 0) is 9.59 Å². The van der Waals surface area contributed by atoms with Crippen LogP contribution < -0.4 is 16.0 Å². The Morgan fingerprint density at radius 1 is 1.17 bits per heavy atom. The molecule has 29 heavy (non-hydrogen) atoms. The van der Waals surface area contributed by atoms with Crippen LogP contribution in [0.5, 0.6) is 0 Å². The molecule has 0 saturated heterocycles. The highest BCUT2D eigenvalue weighted by molar-refractivity contribution is 6.30. The van der Waals surface area contributed by atoms with E-state index in [0.717, 1.165) is 13.0 Å². The predicted molar refractivity (Wildman–Crippen MR) is 99.9 cm³/mol. The van der Waals surface area contributed by atoms with Crippen molar-refractivity contribution in [3.05, 3.63) is 62.2 Å². The van der Waals surface area contributed by atoms with Gasteiger partial charge in [0.2, 0.25) is 6.04 Å². The van der Waals surface area contributed by atoms with Gasteiger partial charge in [-0.2, -0.15) is 15.1 Å². The summed E-state index contributed by atoms with van der Waals surface area (Å²) in [6, 6.07) is 5.89. The topological polar surface area (TPSA) is 156 Å². The Kier molecular flexibility index (Phi) is 5.50.